The third-order valence-electron chi connectivity index (χ3n) is 5.66. The molecule has 3 atom stereocenters. The predicted octanol–water partition coefficient (Wildman–Crippen LogP) is 4.00. The normalized spacial score (nSPS) is 24.2. The van der Waals surface area contributed by atoms with Crippen LogP contribution in [0.2, 0.25) is 0 Å². The number of anilines is 2. The van der Waals surface area contributed by atoms with Gasteiger partial charge in [-0.3, -0.25) is 19.3 Å². The molecule has 5 nitrogen and oxygen atoms in total. The Morgan fingerprint density at radius 2 is 1.75 bits per heavy atom. The molecule has 1 heterocycles. The number of benzene rings is 2. The maximum Gasteiger partial charge on any atom is 0.255 e. The summed E-state index contributed by atoms with van der Waals surface area (Å²) in [6, 6.07) is 11.9. The average molecular weight is 380 g/mol. The van der Waals surface area contributed by atoms with Gasteiger partial charge in [0, 0.05) is 11.3 Å². The van der Waals surface area contributed by atoms with Gasteiger partial charge in [-0.15, -0.1) is 0 Å². The second-order valence-corrected chi connectivity index (χ2v) is 7.65. The number of halogens is 1. The Balaban J connectivity index is 1.56. The summed E-state index contributed by atoms with van der Waals surface area (Å²) in [6.45, 7) is 2.11. The fourth-order valence-electron chi connectivity index (χ4n) is 4.17. The van der Waals surface area contributed by atoms with Crippen molar-refractivity contribution < 1.29 is 18.8 Å². The summed E-state index contributed by atoms with van der Waals surface area (Å²) < 4.78 is 13.0. The Morgan fingerprint density at radius 1 is 1.04 bits per heavy atom. The summed E-state index contributed by atoms with van der Waals surface area (Å²) in [5, 5.41) is 2.69. The standard InChI is InChI=1S/C22H21FN2O3/c1-13-5-10-18-19(11-13)22(28)25(21(18)27)17-4-2-3-14(12-17)20(26)24-16-8-6-15(23)7-9-16/h2-4,6-9,12-13,18-19H,5,10-11H2,1H3,(H,24,26)/t13-,18+,19+/m1/s1. The lowest BCUT2D eigenvalue weighted by Crippen LogP contribution is -2.31. The minimum atomic E-state index is -0.390. The highest BCUT2D eigenvalue weighted by Gasteiger charge is 2.50. The first kappa shape index (κ1) is 18.3. The van der Waals surface area contributed by atoms with Crippen LogP contribution in [0.3, 0.4) is 0 Å². The van der Waals surface area contributed by atoms with Gasteiger partial charge in [-0.2, -0.15) is 0 Å². The molecule has 0 radical (unpaired) electrons. The molecule has 3 amide bonds. The molecule has 28 heavy (non-hydrogen) atoms. The molecule has 0 spiro atoms. The summed E-state index contributed by atoms with van der Waals surface area (Å²) in [5.41, 5.74) is 1.21. The highest BCUT2D eigenvalue weighted by atomic mass is 19.1. The first-order chi connectivity index (χ1) is 13.4. The molecule has 2 aliphatic rings. The molecule has 0 bridgehead atoms. The zero-order chi connectivity index (χ0) is 19.8. The lowest BCUT2D eigenvalue weighted by molar-refractivity contribution is -0.122. The van der Waals surface area contributed by atoms with Crippen molar-refractivity contribution in [3.05, 3.63) is 59.9 Å². The number of rotatable bonds is 3. The molecule has 2 fully saturated rings. The van der Waals surface area contributed by atoms with Gasteiger partial charge in [0.1, 0.15) is 5.82 Å². The number of imide groups is 1. The number of hydrogen-bond acceptors (Lipinski definition) is 3. The van der Waals surface area contributed by atoms with Gasteiger partial charge in [-0.05, 0) is 67.6 Å². The third kappa shape index (κ3) is 3.30. The van der Waals surface area contributed by atoms with Crippen molar-refractivity contribution in [1.82, 2.24) is 0 Å². The van der Waals surface area contributed by atoms with Crippen LogP contribution < -0.4 is 10.2 Å². The van der Waals surface area contributed by atoms with E-state index in [1.54, 1.807) is 24.3 Å². The molecule has 1 saturated carbocycles. The molecule has 6 heteroatoms. The second kappa shape index (κ2) is 7.19. The smallest absolute Gasteiger partial charge is 0.255 e. The molecule has 1 aliphatic carbocycles. The molecule has 2 aromatic rings. The number of amides is 3. The van der Waals surface area contributed by atoms with Gasteiger partial charge in [0.05, 0.1) is 17.5 Å². The van der Waals surface area contributed by atoms with Gasteiger partial charge in [-0.25, -0.2) is 4.39 Å². The van der Waals surface area contributed by atoms with Crippen molar-refractivity contribution in [2.45, 2.75) is 26.2 Å². The van der Waals surface area contributed by atoms with E-state index < -0.39 is 5.91 Å². The van der Waals surface area contributed by atoms with E-state index in [1.165, 1.54) is 29.2 Å². The Kier molecular flexibility index (Phi) is 4.71. The van der Waals surface area contributed by atoms with E-state index in [9.17, 15) is 18.8 Å². The lowest BCUT2D eigenvalue weighted by atomic mass is 9.76. The summed E-state index contributed by atoms with van der Waals surface area (Å²) in [4.78, 5) is 39.5. The average Bonchev–Trinajstić information content (AvgIpc) is 2.93. The van der Waals surface area contributed by atoms with E-state index >= 15 is 0 Å². The number of carbonyl (C=O) groups excluding carboxylic acids is 3. The number of fused-ring (bicyclic) bond motifs is 1. The molecule has 2 aromatic carbocycles. The Morgan fingerprint density at radius 3 is 2.50 bits per heavy atom. The molecule has 0 aromatic heterocycles. The van der Waals surface area contributed by atoms with Crippen LogP contribution >= 0.6 is 0 Å². The molecule has 1 N–H and O–H groups in total. The zero-order valence-corrected chi connectivity index (χ0v) is 15.5. The summed E-state index contributed by atoms with van der Waals surface area (Å²) >= 11 is 0. The van der Waals surface area contributed by atoms with Crippen LogP contribution in [0, 0.1) is 23.6 Å². The molecule has 144 valence electrons. The Hall–Kier alpha value is -3.02. The molecule has 4 rings (SSSR count). The van der Waals surface area contributed by atoms with Gasteiger partial charge < -0.3 is 5.32 Å². The monoisotopic (exact) mass is 380 g/mol. The van der Waals surface area contributed by atoms with E-state index in [2.05, 4.69) is 12.2 Å². The molecule has 1 aliphatic heterocycles. The zero-order valence-electron chi connectivity index (χ0n) is 15.5. The van der Waals surface area contributed by atoms with Crippen LogP contribution in [0.5, 0.6) is 0 Å². The molecular weight excluding hydrogens is 359 g/mol. The van der Waals surface area contributed by atoms with Gasteiger partial charge in [0.15, 0.2) is 0 Å². The first-order valence-corrected chi connectivity index (χ1v) is 9.49. The van der Waals surface area contributed by atoms with E-state index in [4.69, 9.17) is 0 Å². The van der Waals surface area contributed by atoms with Crippen LogP contribution in [0.15, 0.2) is 48.5 Å². The lowest BCUT2D eigenvalue weighted by Gasteiger charge is -2.25. The quantitative estimate of drug-likeness (QED) is 0.819. The topological polar surface area (TPSA) is 66.5 Å². The SMILES string of the molecule is C[C@@H]1CC[C@@H]2C(=O)N(c3cccc(C(=O)Nc4ccc(F)cc4)c3)C(=O)[C@H]2C1. The molecular formula is C22H21FN2O3. The van der Waals surface area contributed by atoms with Crippen molar-refractivity contribution in [3.8, 4) is 0 Å². The minimum Gasteiger partial charge on any atom is -0.322 e. The van der Waals surface area contributed by atoms with Crippen molar-refractivity contribution in [1.29, 1.82) is 0 Å². The van der Waals surface area contributed by atoms with Crippen LogP contribution in [0.4, 0.5) is 15.8 Å². The predicted molar refractivity (Wildman–Crippen MR) is 103 cm³/mol. The van der Waals surface area contributed by atoms with Gasteiger partial charge in [0.2, 0.25) is 11.8 Å². The number of nitrogens with zero attached hydrogens (tertiary/aromatic N) is 1. The maximum atomic E-state index is 13.0. The van der Waals surface area contributed by atoms with Gasteiger partial charge in [0.25, 0.3) is 5.91 Å². The first-order valence-electron chi connectivity index (χ1n) is 9.49. The Bertz CT molecular complexity index is 941. The minimum absolute atomic E-state index is 0.169. The number of carbonyl (C=O) groups is 3. The molecule has 0 unspecified atom stereocenters. The van der Waals surface area contributed by atoms with E-state index in [1.807, 2.05) is 0 Å². The van der Waals surface area contributed by atoms with Crippen molar-refractivity contribution in [2.75, 3.05) is 10.2 Å². The van der Waals surface area contributed by atoms with E-state index in [0.29, 0.717) is 22.9 Å². The Labute approximate surface area is 162 Å². The fourth-order valence-corrected chi connectivity index (χ4v) is 4.17. The van der Waals surface area contributed by atoms with Crippen molar-refractivity contribution in [3.63, 3.8) is 0 Å². The van der Waals surface area contributed by atoms with E-state index in [-0.39, 0.29) is 29.5 Å². The highest BCUT2D eigenvalue weighted by molar-refractivity contribution is 6.22. The number of hydrogen-bond donors (Lipinski definition) is 1. The summed E-state index contributed by atoms with van der Waals surface area (Å²) in [5.74, 6) is -1.19. The highest BCUT2D eigenvalue weighted by Crippen LogP contribution is 2.42. The fraction of sp³-hybridized carbons (Fsp3) is 0.318. The number of nitrogens with one attached hydrogen (secondary N) is 1. The van der Waals surface area contributed by atoms with Crippen LogP contribution in [0.25, 0.3) is 0 Å². The van der Waals surface area contributed by atoms with Gasteiger partial charge in [-0.1, -0.05) is 13.0 Å². The van der Waals surface area contributed by atoms with Crippen molar-refractivity contribution >= 4 is 29.1 Å². The van der Waals surface area contributed by atoms with E-state index in [0.717, 1.165) is 19.3 Å². The summed E-state index contributed by atoms with van der Waals surface area (Å²) in [7, 11) is 0. The maximum absolute atomic E-state index is 13.0. The second-order valence-electron chi connectivity index (χ2n) is 7.65. The van der Waals surface area contributed by atoms with Crippen LogP contribution in [-0.4, -0.2) is 17.7 Å². The third-order valence-corrected chi connectivity index (χ3v) is 5.66. The van der Waals surface area contributed by atoms with Crippen LogP contribution in [0.1, 0.15) is 36.5 Å². The van der Waals surface area contributed by atoms with Gasteiger partial charge >= 0.3 is 0 Å². The summed E-state index contributed by atoms with van der Waals surface area (Å²) in [6.07, 6.45) is 2.42. The largest absolute Gasteiger partial charge is 0.322 e. The molecule has 1 saturated heterocycles. The van der Waals surface area contributed by atoms with Crippen molar-refractivity contribution in [2.24, 2.45) is 17.8 Å². The van der Waals surface area contributed by atoms with Crippen LogP contribution in [-0.2, 0) is 9.59 Å².